The zero-order chi connectivity index (χ0) is 22.1. The van der Waals surface area contributed by atoms with Crippen LogP contribution in [0.15, 0.2) is 41.3 Å². The average Bonchev–Trinajstić information content (AvgIpc) is 2.71. The summed E-state index contributed by atoms with van der Waals surface area (Å²) in [5, 5.41) is 0.344. The van der Waals surface area contributed by atoms with E-state index in [1.165, 1.54) is 33.5 Å². The molecular weight excluding hydrogens is 457 g/mol. The first-order chi connectivity index (χ1) is 14.1. The largest absolute Gasteiger partial charge is 0.341 e. The smallest absolute Gasteiger partial charge is 0.244 e. The highest BCUT2D eigenvalue weighted by Crippen LogP contribution is 2.31. The molecule has 0 bridgehead atoms. The molecule has 0 N–H and O–H groups in total. The van der Waals surface area contributed by atoms with Crippen LogP contribution in [0, 0.1) is 17.6 Å². The first-order valence-corrected chi connectivity index (χ1v) is 11.4. The molecular formula is C20H20Cl2F2N2O3S. The summed E-state index contributed by atoms with van der Waals surface area (Å²) in [7, 11) is -2.29. The number of halogens is 4. The van der Waals surface area contributed by atoms with E-state index in [0.717, 1.165) is 12.1 Å². The van der Waals surface area contributed by atoms with Crippen molar-refractivity contribution >= 4 is 39.1 Å². The van der Waals surface area contributed by atoms with Crippen LogP contribution in [0.2, 0.25) is 10.0 Å². The Morgan fingerprint density at radius 3 is 2.43 bits per heavy atom. The van der Waals surface area contributed by atoms with Gasteiger partial charge in [-0.15, -0.1) is 0 Å². The SMILES string of the molecule is CN(Cc1ccc(F)cc1F)C(=O)C1CCN(S(=O)(=O)c2cc(Cl)ccc2Cl)CC1. The van der Waals surface area contributed by atoms with Crippen molar-refractivity contribution in [2.75, 3.05) is 20.1 Å². The second kappa shape index (κ2) is 9.18. The lowest BCUT2D eigenvalue weighted by Crippen LogP contribution is -2.43. The third-order valence-corrected chi connectivity index (χ3v) is 7.73. The van der Waals surface area contributed by atoms with Crippen LogP contribution in [0.1, 0.15) is 18.4 Å². The zero-order valence-electron chi connectivity index (χ0n) is 16.1. The molecule has 10 heteroatoms. The zero-order valence-corrected chi connectivity index (χ0v) is 18.4. The van der Waals surface area contributed by atoms with Gasteiger partial charge in [0.1, 0.15) is 16.5 Å². The van der Waals surface area contributed by atoms with Gasteiger partial charge in [-0.2, -0.15) is 4.31 Å². The number of rotatable bonds is 5. The topological polar surface area (TPSA) is 57.7 Å². The minimum atomic E-state index is -3.84. The summed E-state index contributed by atoms with van der Waals surface area (Å²) in [6.07, 6.45) is 0.652. The molecule has 0 aromatic heterocycles. The van der Waals surface area contributed by atoms with Crippen molar-refractivity contribution in [2.45, 2.75) is 24.3 Å². The molecule has 0 atom stereocenters. The van der Waals surface area contributed by atoms with Gasteiger partial charge in [0, 0.05) is 49.3 Å². The van der Waals surface area contributed by atoms with Crippen LogP contribution in [0.4, 0.5) is 8.78 Å². The summed E-state index contributed by atoms with van der Waals surface area (Å²) in [4.78, 5) is 14.0. The molecule has 1 fully saturated rings. The normalized spacial score (nSPS) is 15.9. The molecule has 1 heterocycles. The first kappa shape index (κ1) is 22.9. The molecule has 0 aliphatic carbocycles. The number of hydrogen-bond donors (Lipinski definition) is 0. The van der Waals surface area contributed by atoms with Crippen molar-refractivity contribution in [2.24, 2.45) is 5.92 Å². The number of carbonyl (C=O) groups excluding carboxylic acids is 1. The fraction of sp³-hybridized carbons (Fsp3) is 0.350. The van der Waals surface area contributed by atoms with Crippen LogP contribution in [0.25, 0.3) is 0 Å². The third-order valence-electron chi connectivity index (χ3n) is 5.11. The Balaban J connectivity index is 1.64. The average molecular weight is 477 g/mol. The molecule has 1 amide bonds. The van der Waals surface area contributed by atoms with E-state index >= 15 is 0 Å². The number of hydrogen-bond acceptors (Lipinski definition) is 3. The van der Waals surface area contributed by atoms with Crippen LogP contribution in [-0.2, 0) is 21.4 Å². The summed E-state index contributed by atoms with van der Waals surface area (Å²) in [6, 6.07) is 7.46. The summed E-state index contributed by atoms with van der Waals surface area (Å²) < 4.78 is 54.0. The van der Waals surface area contributed by atoms with Gasteiger partial charge in [-0.25, -0.2) is 17.2 Å². The fourth-order valence-corrected chi connectivity index (χ4v) is 5.66. The maximum Gasteiger partial charge on any atom is 0.244 e. The molecule has 1 aliphatic rings. The Kier molecular flexibility index (Phi) is 7.02. The van der Waals surface area contributed by atoms with Crippen molar-refractivity contribution in [1.82, 2.24) is 9.21 Å². The van der Waals surface area contributed by atoms with E-state index in [1.807, 2.05) is 0 Å². The predicted molar refractivity (Wildman–Crippen MR) is 111 cm³/mol. The van der Waals surface area contributed by atoms with Crippen molar-refractivity contribution < 1.29 is 22.0 Å². The van der Waals surface area contributed by atoms with Gasteiger partial charge in [-0.1, -0.05) is 29.3 Å². The molecule has 30 heavy (non-hydrogen) atoms. The number of piperidine rings is 1. The standard InChI is InChI=1S/C20H20Cl2F2N2O3S/c1-25(12-14-2-4-16(23)11-18(14)24)20(27)13-6-8-26(9-7-13)30(28,29)19-10-15(21)3-5-17(19)22/h2-5,10-11,13H,6-9,12H2,1H3. The minimum absolute atomic E-state index is 0.00157. The second-order valence-electron chi connectivity index (χ2n) is 7.18. The van der Waals surface area contributed by atoms with E-state index in [9.17, 15) is 22.0 Å². The summed E-state index contributed by atoms with van der Waals surface area (Å²) in [5.41, 5.74) is 0.211. The van der Waals surface area contributed by atoms with Crippen LogP contribution < -0.4 is 0 Å². The van der Waals surface area contributed by atoms with Gasteiger partial charge in [0.25, 0.3) is 0 Å². The van der Waals surface area contributed by atoms with Gasteiger partial charge in [-0.05, 0) is 37.1 Å². The monoisotopic (exact) mass is 476 g/mol. The van der Waals surface area contributed by atoms with Gasteiger partial charge in [-0.3, -0.25) is 4.79 Å². The van der Waals surface area contributed by atoms with E-state index in [0.29, 0.717) is 12.8 Å². The van der Waals surface area contributed by atoms with Crippen LogP contribution in [0.5, 0.6) is 0 Å². The number of nitrogens with zero attached hydrogens (tertiary/aromatic N) is 2. The summed E-state index contributed by atoms with van der Waals surface area (Å²) >= 11 is 11.9. The quantitative estimate of drug-likeness (QED) is 0.644. The molecule has 3 rings (SSSR count). The van der Waals surface area contributed by atoms with E-state index in [4.69, 9.17) is 23.2 Å². The predicted octanol–water partition coefficient (Wildman–Crippen LogP) is 4.33. The Morgan fingerprint density at radius 2 is 1.80 bits per heavy atom. The highest BCUT2D eigenvalue weighted by molar-refractivity contribution is 7.89. The second-order valence-corrected chi connectivity index (χ2v) is 9.93. The van der Waals surface area contributed by atoms with Gasteiger partial charge < -0.3 is 4.90 Å². The Morgan fingerprint density at radius 1 is 1.13 bits per heavy atom. The minimum Gasteiger partial charge on any atom is -0.341 e. The number of sulfonamides is 1. The molecule has 0 saturated carbocycles. The molecule has 5 nitrogen and oxygen atoms in total. The highest BCUT2D eigenvalue weighted by atomic mass is 35.5. The Hall–Kier alpha value is -1.74. The van der Waals surface area contributed by atoms with Crippen LogP contribution in [0.3, 0.4) is 0 Å². The van der Waals surface area contributed by atoms with Crippen LogP contribution >= 0.6 is 23.2 Å². The number of amides is 1. The van der Waals surface area contributed by atoms with E-state index in [-0.39, 0.29) is 52.0 Å². The van der Waals surface area contributed by atoms with Crippen molar-refractivity contribution in [3.63, 3.8) is 0 Å². The number of benzene rings is 2. The van der Waals surface area contributed by atoms with Crippen molar-refractivity contribution in [3.05, 3.63) is 63.6 Å². The fourth-order valence-electron chi connectivity index (χ4n) is 3.45. The maximum atomic E-state index is 13.8. The first-order valence-electron chi connectivity index (χ1n) is 9.23. The van der Waals surface area contributed by atoms with Gasteiger partial charge in [0.2, 0.25) is 15.9 Å². The Bertz CT molecular complexity index is 1060. The third kappa shape index (κ3) is 4.94. The summed E-state index contributed by atoms with van der Waals surface area (Å²) in [6.45, 7) is 0.308. The lowest BCUT2D eigenvalue weighted by atomic mass is 9.96. The van der Waals surface area contributed by atoms with Crippen LogP contribution in [-0.4, -0.2) is 43.7 Å². The summed E-state index contributed by atoms with van der Waals surface area (Å²) in [5.74, 6) is -2.00. The Labute approximate surface area is 184 Å². The van der Waals surface area contributed by atoms with Gasteiger partial charge in [0.05, 0.1) is 5.02 Å². The number of carbonyl (C=O) groups is 1. The van der Waals surface area contributed by atoms with Crippen molar-refractivity contribution in [1.29, 1.82) is 0 Å². The van der Waals surface area contributed by atoms with E-state index in [2.05, 4.69) is 0 Å². The lowest BCUT2D eigenvalue weighted by molar-refractivity contribution is -0.136. The van der Waals surface area contributed by atoms with Gasteiger partial charge >= 0.3 is 0 Å². The molecule has 2 aromatic carbocycles. The van der Waals surface area contributed by atoms with Crippen molar-refractivity contribution in [3.8, 4) is 0 Å². The maximum absolute atomic E-state index is 13.8. The molecule has 1 aliphatic heterocycles. The molecule has 0 radical (unpaired) electrons. The molecule has 0 spiro atoms. The molecule has 162 valence electrons. The highest BCUT2D eigenvalue weighted by Gasteiger charge is 2.34. The molecule has 1 saturated heterocycles. The molecule has 0 unspecified atom stereocenters. The molecule has 2 aromatic rings. The van der Waals surface area contributed by atoms with E-state index in [1.54, 1.807) is 7.05 Å². The van der Waals surface area contributed by atoms with Gasteiger partial charge in [0.15, 0.2) is 0 Å². The lowest BCUT2D eigenvalue weighted by Gasteiger charge is -2.32. The van der Waals surface area contributed by atoms with E-state index < -0.39 is 21.7 Å².